The van der Waals surface area contributed by atoms with Crippen LogP contribution in [0.2, 0.25) is 0 Å². The van der Waals surface area contributed by atoms with E-state index in [0.29, 0.717) is 17.9 Å². The molecule has 2 aromatic carbocycles. The average Bonchev–Trinajstić information content (AvgIpc) is 3.16. The Labute approximate surface area is 176 Å². The van der Waals surface area contributed by atoms with Crippen molar-refractivity contribution in [1.82, 2.24) is 10.2 Å². The second-order valence-corrected chi connectivity index (χ2v) is 8.12. The number of methoxy groups -OCH3 is 1. The number of ether oxygens (including phenoxy) is 1. The molecule has 1 aliphatic heterocycles. The highest BCUT2D eigenvalue weighted by atomic mass is 79.9. The number of halogens is 2. The van der Waals surface area contributed by atoms with Gasteiger partial charge in [-0.25, -0.2) is 4.39 Å². The van der Waals surface area contributed by atoms with Crippen LogP contribution < -0.4 is 10.1 Å². The number of fused-ring (bicyclic) bond motifs is 1. The van der Waals surface area contributed by atoms with Crippen LogP contribution in [0.15, 0.2) is 51.4 Å². The molecule has 3 aromatic rings. The minimum Gasteiger partial charge on any atom is -0.494 e. The van der Waals surface area contributed by atoms with Crippen LogP contribution in [-0.4, -0.2) is 37.0 Å². The van der Waals surface area contributed by atoms with Gasteiger partial charge in [-0.05, 0) is 58.6 Å². The molecule has 29 heavy (non-hydrogen) atoms. The zero-order valence-corrected chi connectivity index (χ0v) is 17.7. The van der Waals surface area contributed by atoms with E-state index >= 15 is 0 Å². The summed E-state index contributed by atoms with van der Waals surface area (Å²) in [5.74, 6) is 0.0456. The Morgan fingerprint density at radius 1 is 1.28 bits per heavy atom. The first-order chi connectivity index (χ1) is 14.0. The summed E-state index contributed by atoms with van der Waals surface area (Å²) in [5, 5.41) is 3.97. The highest BCUT2D eigenvalue weighted by Crippen LogP contribution is 2.27. The van der Waals surface area contributed by atoms with Crippen LogP contribution >= 0.6 is 15.9 Å². The predicted octanol–water partition coefficient (Wildman–Crippen LogP) is 4.74. The number of nitrogens with one attached hydrogen (secondary N) is 1. The molecular weight excluding hydrogens is 439 g/mol. The van der Waals surface area contributed by atoms with Gasteiger partial charge < -0.3 is 14.5 Å². The monoisotopic (exact) mass is 460 g/mol. The van der Waals surface area contributed by atoms with E-state index in [4.69, 9.17) is 9.15 Å². The van der Waals surface area contributed by atoms with Crippen LogP contribution in [0.3, 0.4) is 0 Å². The van der Waals surface area contributed by atoms with E-state index in [-0.39, 0.29) is 23.5 Å². The normalized spacial score (nSPS) is 15.6. The summed E-state index contributed by atoms with van der Waals surface area (Å²) in [6, 6.07) is 12.6. The lowest BCUT2D eigenvalue weighted by Crippen LogP contribution is -2.44. The van der Waals surface area contributed by atoms with Crippen LogP contribution in [0, 0.1) is 5.82 Å². The number of hydrogen-bond acceptors (Lipinski definition) is 4. The van der Waals surface area contributed by atoms with E-state index in [0.717, 1.165) is 41.4 Å². The van der Waals surface area contributed by atoms with Gasteiger partial charge in [-0.15, -0.1) is 0 Å². The molecule has 1 aliphatic rings. The zero-order chi connectivity index (χ0) is 20.4. The average molecular weight is 461 g/mol. The molecule has 0 aliphatic carbocycles. The number of piperidine rings is 1. The SMILES string of the molecule is COc1ccc(CN2CCC(NC(=O)c3cc4cccc(Br)c4o3)CC2)cc1F. The Kier molecular flexibility index (Phi) is 5.87. The zero-order valence-electron chi connectivity index (χ0n) is 16.1. The van der Waals surface area contributed by atoms with E-state index in [9.17, 15) is 9.18 Å². The smallest absolute Gasteiger partial charge is 0.287 e. The van der Waals surface area contributed by atoms with Crippen molar-refractivity contribution in [3.63, 3.8) is 0 Å². The van der Waals surface area contributed by atoms with Gasteiger partial charge in [-0.3, -0.25) is 9.69 Å². The van der Waals surface area contributed by atoms with Crippen LogP contribution in [-0.2, 0) is 6.54 Å². The summed E-state index contributed by atoms with van der Waals surface area (Å²) in [6.07, 6.45) is 1.68. The molecular formula is C22H22BrFN2O3. The number of nitrogens with zero attached hydrogens (tertiary/aromatic N) is 1. The van der Waals surface area contributed by atoms with Crippen LogP contribution in [0.25, 0.3) is 11.0 Å². The first-order valence-electron chi connectivity index (χ1n) is 9.57. The molecule has 0 unspecified atom stereocenters. The second kappa shape index (κ2) is 8.55. The number of furan rings is 1. The lowest BCUT2D eigenvalue weighted by Gasteiger charge is -2.32. The number of para-hydroxylation sites is 1. The fourth-order valence-electron chi connectivity index (χ4n) is 3.70. The fraction of sp³-hybridized carbons (Fsp3) is 0.318. The lowest BCUT2D eigenvalue weighted by molar-refractivity contribution is 0.0883. The fourth-order valence-corrected chi connectivity index (χ4v) is 4.16. The molecule has 1 amide bonds. The van der Waals surface area contributed by atoms with Crippen molar-refractivity contribution >= 4 is 32.8 Å². The highest BCUT2D eigenvalue weighted by Gasteiger charge is 2.23. The molecule has 0 atom stereocenters. The molecule has 1 saturated heterocycles. The molecule has 1 aromatic heterocycles. The molecule has 1 N–H and O–H groups in total. The van der Waals surface area contributed by atoms with Crippen LogP contribution in [0.1, 0.15) is 29.0 Å². The molecule has 7 heteroatoms. The maximum Gasteiger partial charge on any atom is 0.287 e. The first-order valence-corrected chi connectivity index (χ1v) is 10.4. The maximum absolute atomic E-state index is 13.9. The molecule has 0 saturated carbocycles. The molecule has 5 nitrogen and oxygen atoms in total. The van der Waals surface area contributed by atoms with Crippen molar-refractivity contribution < 1.29 is 18.3 Å². The minimum absolute atomic E-state index is 0.100. The Morgan fingerprint density at radius 2 is 2.07 bits per heavy atom. The van der Waals surface area contributed by atoms with Crippen molar-refractivity contribution in [2.24, 2.45) is 0 Å². The Bertz CT molecular complexity index is 1030. The molecule has 2 heterocycles. The van der Waals surface area contributed by atoms with Gasteiger partial charge in [0, 0.05) is 31.1 Å². The molecule has 0 spiro atoms. The van der Waals surface area contributed by atoms with Gasteiger partial charge in [-0.1, -0.05) is 18.2 Å². The summed E-state index contributed by atoms with van der Waals surface area (Å²) in [4.78, 5) is 14.8. The number of hydrogen-bond donors (Lipinski definition) is 1. The van der Waals surface area contributed by atoms with Gasteiger partial charge in [0.05, 0.1) is 11.6 Å². The van der Waals surface area contributed by atoms with Crippen molar-refractivity contribution in [2.45, 2.75) is 25.4 Å². The van der Waals surface area contributed by atoms with E-state index in [1.54, 1.807) is 12.1 Å². The summed E-state index contributed by atoms with van der Waals surface area (Å²) in [6.45, 7) is 2.35. The van der Waals surface area contributed by atoms with Gasteiger partial charge in [0.25, 0.3) is 5.91 Å². The quantitative estimate of drug-likeness (QED) is 0.597. The van der Waals surface area contributed by atoms with E-state index < -0.39 is 0 Å². The number of rotatable bonds is 5. The van der Waals surface area contributed by atoms with Crippen LogP contribution in [0.4, 0.5) is 4.39 Å². The lowest BCUT2D eigenvalue weighted by atomic mass is 10.0. The number of benzene rings is 2. The third-order valence-electron chi connectivity index (χ3n) is 5.27. The van der Waals surface area contributed by atoms with E-state index in [2.05, 4.69) is 26.1 Å². The topological polar surface area (TPSA) is 54.7 Å². The molecule has 0 radical (unpaired) electrons. The summed E-state index contributed by atoms with van der Waals surface area (Å²) in [5.41, 5.74) is 1.60. The number of carbonyl (C=O) groups is 1. The molecule has 0 bridgehead atoms. The van der Waals surface area contributed by atoms with Crippen molar-refractivity contribution in [1.29, 1.82) is 0 Å². The number of amides is 1. The summed E-state index contributed by atoms with van der Waals surface area (Å²) < 4.78 is 25.4. The molecule has 1 fully saturated rings. The van der Waals surface area contributed by atoms with Gasteiger partial charge >= 0.3 is 0 Å². The van der Waals surface area contributed by atoms with Crippen molar-refractivity contribution in [3.8, 4) is 5.75 Å². The Balaban J connectivity index is 1.31. The number of carbonyl (C=O) groups excluding carboxylic acids is 1. The summed E-state index contributed by atoms with van der Waals surface area (Å²) in [7, 11) is 1.46. The van der Waals surface area contributed by atoms with E-state index in [1.165, 1.54) is 13.2 Å². The van der Waals surface area contributed by atoms with Gasteiger partial charge in [0.2, 0.25) is 0 Å². The highest BCUT2D eigenvalue weighted by molar-refractivity contribution is 9.10. The molecule has 4 rings (SSSR count). The van der Waals surface area contributed by atoms with Crippen molar-refractivity contribution in [3.05, 3.63) is 64.1 Å². The standard InChI is InChI=1S/C22H22BrFN2O3/c1-28-19-6-5-14(11-18(19)24)13-26-9-7-16(8-10-26)25-22(27)20-12-15-3-2-4-17(23)21(15)29-20/h2-6,11-12,16H,7-10,13H2,1H3,(H,25,27). The largest absolute Gasteiger partial charge is 0.494 e. The number of likely N-dealkylation sites (tertiary alicyclic amines) is 1. The van der Waals surface area contributed by atoms with Gasteiger partial charge in [-0.2, -0.15) is 0 Å². The van der Waals surface area contributed by atoms with Crippen molar-refractivity contribution in [2.75, 3.05) is 20.2 Å². The predicted molar refractivity (Wildman–Crippen MR) is 113 cm³/mol. The second-order valence-electron chi connectivity index (χ2n) is 7.26. The summed E-state index contributed by atoms with van der Waals surface area (Å²) >= 11 is 3.44. The first kappa shape index (κ1) is 19.9. The Morgan fingerprint density at radius 3 is 2.76 bits per heavy atom. The third-order valence-corrected chi connectivity index (χ3v) is 5.89. The van der Waals surface area contributed by atoms with Gasteiger partial charge in [0.1, 0.15) is 5.58 Å². The minimum atomic E-state index is -0.343. The molecule has 152 valence electrons. The van der Waals surface area contributed by atoms with Gasteiger partial charge in [0.15, 0.2) is 17.3 Å². The third kappa shape index (κ3) is 4.46. The van der Waals surface area contributed by atoms with Crippen LogP contribution in [0.5, 0.6) is 5.75 Å². The Hall–Kier alpha value is -2.38. The maximum atomic E-state index is 13.9. The van der Waals surface area contributed by atoms with E-state index in [1.807, 2.05) is 24.3 Å².